The highest BCUT2D eigenvalue weighted by Gasteiger charge is 2.27. The van der Waals surface area contributed by atoms with Crippen molar-refractivity contribution < 1.29 is 9.66 Å². The van der Waals surface area contributed by atoms with E-state index >= 15 is 0 Å². The van der Waals surface area contributed by atoms with Gasteiger partial charge in [-0.25, -0.2) is 4.98 Å². The third-order valence-corrected chi connectivity index (χ3v) is 3.75. The smallest absolute Gasteiger partial charge is 0.295 e. The van der Waals surface area contributed by atoms with Crippen molar-refractivity contribution in [3.63, 3.8) is 0 Å². The molecule has 1 aliphatic rings. The molecule has 2 atom stereocenters. The molecule has 0 aliphatic carbocycles. The Hall–Kier alpha value is -2.25. The van der Waals surface area contributed by atoms with Crippen LogP contribution in [0.25, 0.3) is 10.9 Å². The monoisotopic (exact) mass is 288 g/mol. The Kier molecular flexibility index (Phi) is 3.68. The summed E-state index contributed by atoms with van der Waals surface area (Å²) in [5.41, 5.74) is 1.25. The van der Waals surface area contributed by atoms with Crippen molar-refractivity contribution in [2.75, 3.05) is 25.5 Å². The van der Waals surface area contributed by atoms with Crippen molar-refractivity contribution in [2.45, 2.75) is 12.1 Å². The molecular formula is C14H16N4O3. The molecule has 7 heteroatoms. The molecule has 1 fully saturated rings. The first-order valence-electron chi connectivity index (χ1n) is 6.73. The summed E-state index contributed by atoms with van der Waals surface area (Å²) < 4.78 is 5.42. The van der Waals surface area contributed by atoms with E-state index in [0.29, 0.717) is 5.52 Å². The summed E-state index contributed by atoms with van der Waals surface area (Å²) in [6, 6.07) is 6.95. The van der Waals surface area contributed by atoms with Gasteiger partial charge in [0.2, 0.25) is 0 Å². The van der Waals surface area contributed by atoms with E-state index in [1.54, 1.807) is 25.4 Å². The zero-order valence-electron chi connectivity index (χ0n) is 11.6. The van der Waals surface area contributed by atoms with Crippen LogP contribution in [0, 0.1) is 10.1 Å². The lowest BCUT2D eigenvalue weighted by Crippen LogP contribution is -2.33. The second kappa shape index (κ2) is 5.63. The van der Waals surface area contributed by atoms with E-state index in [-0.39, 0.29) is 17.8 Å². The number of benzene rings is 1. The maximum Gasteiger partial charge on any atom is 0.295 e. The lowest BCUT2D eigenvalue weighted by molar-refractivity contribution is -0.383. The van der Waals surface area contributed by atoms with Gasteiger partial charge in [-0.15, -0.1) is 0 Å². The van der Waals surface area contributed by atoms with Gasteiger partial charge >= 0.3 is 0 Å². The Morgan fingerprint density at radius 2 is 2.29 bits per heavy atom. The van der Waals surface area contributed by atoms with Gasteiger partial charge in [0.25, 0.3) is 5.69 Å². The van der Waals surface area contributed by atoms with E-state index in [9.17, 15) is 10.1 Å². The number of ether oxygens (including phenoxy) is 1. The molecule has 0 spiro atoms. The average molecular weight is 288 g/mol. The molecule has 2 heterocycles. The largest absolute Gasteiger partial charge is 0.378 e. The molecule has 110 valence electrons. The molecular weight excluding hydrogens is 272 g/mol. The second-order valence-corrected chi connectivity index (χ2v) is 4.97. The number of non-ortho nitro benzene ring substituents is 1. The van der Waals surface area contributed by atoms with Crippen molar-refractivity contribution in [2.24, 2.45) is 0 Å². The minimum atomic E-state index is -0.409. The predicted octanol–water partition coefficient (Wildman–Crippen LogP) is 1.54. The Morgan fingerprint density at radius 1 is 1.43 bits per heavy atom. The summed E-state index contributed by atoms with van der Waals surface area (Å²) in [5.74, 6) is 0. The van der Waals surface area contributed by atoms with Crippen molar-refractivity contribution in [1.82, 2.24) is 10.3 Å². The number of hydrogen-bond donors (Lipinski definition) is 2. The van der Waals surface area contributed by atoms with Crippen LogP contribution in [0.2, 0.25) is 0 Å². The van der Waals surface area contributed by atoms with Crippen LogP contribution in [0.5, 0.6) is 0 Å². The van der Waals surface area contributed by atoms with E-state index in [1.165, 1.54) is 6.07 Å². The third-order valence-electron chi connectivity index (χ3n) is 3.75. The highest BCUT2D eigenvalue weighted by molar-refractivity contribution is 5.97. The molecule has 3 rings (SSSR count). The fraction of sp³-hybridized carbons (Fsp3) is 0.357. The lowest BCUT2D eigenvalue weighted by atomic mass is 10.1. The molecule has 21 heavy (non-hydrogen) atoms. The SMILES string of the molecule is CO[C@H]1CNCC1Nc1ccc([N+](=O)[O-])c2ncccc12. The molecule has 7 nitrogen and oxygen atoms in total. The number of pyridine rings is 1. The molecule has 0 saturated carbocycles. The molecule has 0 amide bonds. The molecule has 0 radical (unpaired) electrons. The standard InChI is InChI=1S/C14H16N4O3/c1-21-13-8-15-7-11(13)17-10-4-5-12(18(19)20)14-9(10)3-2-6-16-14/h2-6,11,13,15,17H,7-8H2,1H3/t11?,13-/m0/s1. The molecule has 1 aliphatic heterocycles. The number of nitro benzene ring substituents is 1. The molecule has 1 aromatic heterocycles. The number of methoxy groups -OCH3 is 1. The fourth-order valence-corrected chi connectivity index (χ4v) is 2.68. The normalized spacial score (nSPS) is 21.6. The molecule has 0 bridgehead atoms. The van der Waals surface area contributed by atoms with Gasteiger partial charge < -0.3 is 15.4 Å². The second-order valence-electron chi connectivity index (χ2n) is 4.97. The summed E-state index contributed by atoms with van der Waals surface area (Å²) in [6.45, 7) is 1.58. The van der Waals surface area contributed by atoms with Crippen LogP contribution in [0.1, 0.15) is 0 Å². The number of anilines is 1. The van der Waals surface area contributed by atoms with E-state index in [2.05, 4.69) is 15.6 Å². The van der Waals surface area contributed by atoms with Crippen LogP contribution >= 0.6 is 0 Å². The average Bonchev–Trinajstić information content (AvgIpc) is 2.94. The Balaban J connectivity index is 2.00. The minimum absolute atomic E-state index is 0.0176. The van der Waals surface area contributed by atoms with Gasteiger partial charge in [0, 0.05) is 43.5 Å². The molecule has 2 aromatic rings. The van der Waals surface area contributed by atoms with Gasteiger partial charge in [0.1, 0.15) is 5.52 Å². The lowest BCUT2D eigenvalue weighted by Gasteiger charge is -2.20. The third kappa shape index (κ3) is 2.53. The van der Waals surface area contributed by atoms with E-state index < -0.39 is 4.92 Å². The number of rotatable bonds is 4. The minimum Gasteiger partial charge on any atom is -0.378 e. The Morgan fingerprint density at radius 3 is 3.05 bits per heavy atom. The van der Waals surface area contributed by atoms with Crippen LogP contribution in [0.15, 0.2) is 30.5 Å². The number of aromatic nitrogens is 1. The summed E-state index contributed by atoms with van der Waals surface area (Å²) in [6.07, 6.45) is 1.64. The maximum absolute atomic E-state index is 11.1. The van der Waals surface area contributed by atoms with Crippen molar-refractivity contribution >= 4 is 22.3 Å². The summed E-state index contributed by atoms with van der Waals surface area (Å²) in [7, 11) is 1.68. The number of nitrogens with zero attached hydrogens (tertiary/aromatic N) is 2. The highest BCUT2D eigenvalue weighted by atomic mass is 16.6. The molecule has 2 N–H and O–H groups in total. The van der Waals surface area contributed by atoms with Gasteiger partial charge in [-0.1, -0.05) is 0 Å². The van der Waals surface area contributed by atoms with Crippen LogP contribution < -0.4 is 10.6 Å². The van der Waals surface area contributed by atoms with Gasteiger partial charge in [-0.2, -0.15) is 0 Å². The predicted molar refractivity (Wildman–Crippen MR) is 79.5 cm³/mol. The van der Waals surface area contributed by atoms with Gasteiger partial charge in [-0.05, 0) is 18.2 Å². The Bertz CT molecular complexity index is 676. The number of hydrogen-bond acceptors (Lipinski definition) is 6. The first-order chi connectivity index (χ1) is 10.2. The topological polar surface area (TPSA) is 89.3 Å². The van der Waals surface area contributed by atoms with Gasteiger partial charge in [-0.3, -0.25) is 10.1 Å². The number of fused-ring (bicyclic) bond motifs is 1. The van der Waals surface area contributed by atoms with Gasteiger partial charge in [0.05, 0.1) is 17.1 Å². The van der Waals surface area contributed by atoms with Crippen LogP contribution in [0.3, 0.4) is 0 Å². The van der Waals surface area contributed by atoms with E-state index in [4.69, 9.17) is 4.74 Å². The van der Waals surface area contributed by atoms with E-state index in [0.717, 1.165) is 24.2 Å². The zero-order chi connectivity index (χ0) is 14.8. The van der Waals surface area contributed by atoms with Crippen molar-refractivity contribution in [3.05, 3.63) is 40.6 Å². The Labute approximate surface area is 121 Å². The molecule has 1 aromatic carbocycles. The summed E-state index contributed by atoms with van der Waals surface area (Å²) >= 11 is 0. The van der Waals surface area contributed by atoms with Gasteiger partial charge in [0.15, 0.2) is 0 Å². The van der Waals surface area contributed by atoms with Crippen LogP contribution in [-0.4, -0.2) is 42.3 Å². The summed E-state index contributed by atoms with van der Waals surface area (Å²) in [5, 5.41) is 18.5. The van der Waals surface area contributed by atoms with Crippen molar-refractivity contribution in [3.8, 4) is 0 Å². The van der Waals surface area contributed by atoms with Crippen LogP contribution in [0.4, 0.5) is 11.4 Å². The number of nitrogens with one attached hydrogen (secondary N) is 2. The maximum atomic E-state index is 11.1. The first-order valence-corrected chi connectivity index (χ1v) is 6.73. The quantitative estimate of drug-likeness (QED) is 0.655. The molecule has 1 unspecified atom stereocenters. The first kappa shape index (κ1) is 13.7. The fourth-order valence-electron chi connectivity index (χ4n) is 2.68. The number of nitro groups is 1. The van der Waals surface area contributed by atoms with Crippen molar-refractivity contribution in [1.29, 1.82) is 0 Å². The zero-order valence-corrected chi connectivity index (χ0v) is 11.6. The molecule has 1 saturated heterocycles. The van der Waals surface area contributed by atoms with E-state index in [1.807, 2.05) is 6.07 Å². The summed E-state index contributed by atoms with van der Waals surface area (Å²) in [4.78, 5) is 14.8. The highest BCUT2D eigenvalue weighted by Crippen LogP contribution is 2.30. The van der Waals surface area contributed by atoms with Crippen LogP contribution in [-0.2, 0) is 4.74 Å².